The van der Waals surface area contributed by atoms with Crippen molar-refractivity contribution >= 4 is 10.0 Å². The van der Waals surface area contributed by atoms with Crippen LogP contribution >= 0.6 is 0 Å². The summed E-state index contributed by atoms with van der Waals surface area (Å²) >= 11 is 0. The van der Waals surface area contributed by atoms with E-state index in [0.717, 1.165) is 17.7 Å². The number of nitrogens with zero attached hydrogens (tertiary/aromatic N) is 1. The second-order valence-electron chi connectivity index (χ2n) is 4.67. The fourth-order valence-corrected chi connectivity index (χ4v) is 3.94. The Bertz CT molecular complexity index is 569. The fraction of sp³-hybridized carbons (Fsp3) is 0.500. The summed E-state index contributed by atoms with van der Waals surface area (Å²) in [6.45, 7) is 1.19. The number of hydrogen-bond donors (Lipinski definition) is 1. The predicted molar refractivity (Wildman–Crippen MR) is 65.0 cm³/mol. The maximum absolute atomic E-state index is 12.4. The van der Waals surface area contributed by atoms with Crippen LogP contribution < -0.4 is 4.74 Å². The average molecular weight is 269 g/mol. The molecule has 2 aliphatic rings. The highest BCUT2D eigenvalue weighted by molar-refractivity contribution is 7.89. The van der Waals surface area contributed by atoms with Crippen LogP contribution in [0, 0.1) is 0 Å². The Morgan fingerprint density at radius 1 is 1.39 bits per heavy atom. The summed E-state index contributed by atoms with van der Waals surface area (Å²) in [5.74, 6) is 0.774. The Balaban J connectivity index is 1.94. The zero-order chi connectivity index (χ0) is 12.8. The normalized spacial score (nSPS) is 23.9. The number of rotatable bonds is 2. The summed E-state index contributed by atoms with van der Waals surface area (Å²) in [6.07, 6.45) is 0.715. The molecular formula is C12H15NO4S. The van der Waals surface area contributed by atoms with Crippen LogP contribution in [0.2, 0.25) is 0 Å². The van der Waals surface area contributed by atoms with Crippen LogP contribution in [-0.4, -0.2) is 43.6 Å². The van der Waals surface area contributed by atoms with Gasteiger partial charge in [0.1, 0.15) is 5.75 Å². The van der Waals surface area contributed by atoms with E-state index in [0.29, 0.717) is 24.5 Å². The molecule has 0 radical (unpaired) electrons. The molecule has 0 saturated carbocycles. The molecule has 0 aliphatic carbocycles. The van der Waals surface area contributed by atoms with Crippen LogP contribution in [0.1, 0.15) is 12.0 Å². The van der Waals surface area contributed by atoms with Crippen molar-refractivity contribution in [3.63, 3.8) is 0 Å². The van der Waals surface area contributed by atoms with E-state index in [1.807, 2.05) is 0 Å². The molecule has 1 aromatic rings. The molecule has 98 valence electrons. The van der Waals surface area contributed by atoms with Gasteiger partial charge in [0, 0.05) is 19.5 Å². The van der Waals surface area contributed by atoms with Gasteiger partial charge in [0.15, 0.2) is 0 Å². The predicted octanol–water partition coefficient (Wildman–Crippen LogP) is 0.377. The number of aliphatic hydroxyl groups excluding tert-OH is 1. The highest BCUT2D eigenvalue weighted by Gasteiger charge is 2.32. The number of ether oxygens (including phenoxy) is 1. The summed E-state index contributed by atoms with van der Waals surface area (Å²) < 4.78 is 31.4. The minimum atomic E-state index is -3.48. The molecule has 2 heterocycles. The Labute approximate surface area is 106 Å². The molecule has 0 bridgehead atoms. The summed E-state index contributed by atoms with van der Waals surface area (Å²) in [4.78, 5) is 0.292. The first-order chi connectivity index (χ1) is 8.57. The standard InChI is InChI=1S/C12H15NO4S/c14-10-3-5-13(8-10)18(15,16)11-1-2-12-9(7-11)4-6-17-12/h1-2,7,10,14H,3-6,8H2/t10-/m1/s1. The van der Waals surface area contributed by atoms with Crippen molar-refractivity contribution in [2.75, 3.05) is 19.7 Å². The highest BCUT2D eigenvalue weighted by atomic mass is 32.2. The fourth-order valence-electron chi connectivity index (χ4n) is 2.40. The van der Waals surface area contributed by atoms with Crippen LogP contribution in [0.25, 0.3) is 0 Å². The first-order valence-electron chi connectivity index (χ1n) is 6.01. The molecule has 1 N–H and O–H groups in total. The van der Waals surface area contributed by atoms with Crippen LogP contribution in [0.5, 0.6) is 5.75 Å². The van der Waals surface area contributed by atoms with Crippen LogP contribution in [-0.2, 0) is 16.4 Å². The van der Waals surface area contributed by atoms with E-state index in [9.17, 15) is 13.5 Å². The molecule has 0 amide bonds. The lowest BCUT2D eigenvalue weighted by atomic mass is 10.2. The van der Waals surface area contributed by atoms with E-state index in [4.69, 9.17) is 4.74 Å². The average Bonchev–Trinajstić information content (AvgIpc) is 2.96. The molecule has 0 spiro atoms. The Kier molecular flexibility index (Phi) is 2.80. The van der Waals surface area contributed by atoms with E-state index in [1.54, 1.807) is 18.2 Å². The van der Waals surface area contributed by atoms with Gasteiger partial charge < -0.3 is 9.84 Å². The largest absolute Gasteiger partial charge is 0.493 e. The SMILES string of the molecule is O=S(=O)(c1ccc2c(c1)CCO2)N1CC[C@@H](O)C1. The molecule has 2 aliphatic heterocycles. The van der Waals surface area contributed by atoms with E-state index in [-0.39, 0.29) is 6.54 Å². The molecular weight excluding hydrogens is 254 g/mol. The van der Waals surface area contributed by atoms with Crippen molar-refractivity contribution in [1.82, 2.24) is 4.31 Å². The highest BCUT2D eigenvalue weighted by Crippen LogP contribution is 2.29. The van der Waals surface area contributed by atoms with E-state index in [1.165, 1.54) is 4.31 Å². The number of benzene rings is 1. The third-order valence-corrected chi connectivity index (χ3v) is 5.29. The van der Waals surface area contributed by atoms with Gasteiger partial charge in [0.2, 0.25) is 10.0 Å². The maximum atomic E-state index is 12.4. The van der Waals surface area contributed by atoms with E-state index < -0.39 is 16.1 Å². The first-order valence-corrected chi connectivity index (χ1v) is 7.45. The van der Waals surface area contributed by atoms with E-state index >= 15 is 0 Å². The van der Waals surface area contributed by atoms with Gasteiger partial charge >= 0.3 is 0 Å². The van der Waals surface area contributed by atoms with Gasteiger partial charge in [0.25, 0.3) is 0 Å². The second kappa shape index (κ2) is 4.22. The topological polar surface area (TPSA) is 66.8 Å². The van der Waals surface area contributed by atoms with Crippen LogP contribution in [0.4, 0.5) is 0 Å². The summed E-state index contributed by atoms with van der Waals surface area (Å²) in [5, 5.41) is 9.44. The molecule has 1 saturated heterocycles. The van der Waals surface area contributed by atoms with E-state index in [2.05, 4.69) is 0 Å². The monoisotopic (exact) mass is 269 g/mol. The smallest absolute Gasteiger partial charge is 0.243 e. The summed E-state index contributed by atoms with van der Waals surface area (Å²) in [5.41, 5.74) is 0.941. The van der Waals surface area contributed by atoms with Crippen LogP contribution in [0.3, 0.4) is 0 Å². The molecule has 5 nitrogen and oxygen atoms in total. The van der Waals surface area contributed by atoms with Gasteiger partial charge in [0.05, 0.1) is 17.6 Å². The molecule has 18 heavy (non-hydrogen) atoms. The minimum absolute atomic E-state index is 0.190. The van der Waals surface area contributed by atoms with Crippen molar-refractivity contribution in [2.24, 2.45) is 0 Å². The van der Waals surface area contributed by atoms with Gasteiger partial charge in [-0.2, -0.15) is 4.31 Å². The minimum Gasteiger partial charge on any atom is -0.493 e. The van der Waals surface area contributed by atoms with Gasteiger partial charge in [-0.15, -0.1) is 0 Å². The third kappa shape index (κ3) is 1.90. The molecule has 1 aromatic carbocycles. The van der Waals surface area contributed by atoms with Crippen LogP contribution in [0.15, 0.2) is 23.1 Å². The molecule has 0 unspecified atom stereocenters. The number of hydrogen-bond acceptors (Lipinski definition) is 4. The van der Waals surface area contributed by atoms with Gasteiger partial charge in [-0.05, 0) is 30.2 Å². The molecule has 6 heteroatoms. The molecule has 1 fully saturated rings. The number of fused-ring (bicyclic) bond motifs is 1. The van der Waals surface area contributed by atoms with Crippen molar-refractivity contribution in [3.05, 3.63) is 23.8 Å². The summed E-state index contributed by atoms with van der Waals surface area (Å²) in [7, 11) is -3.48. The lowest BCUT2D eigenvalue weighted by Crippen LogP contribution is -2.29. The molecule has 3 rings (SSSR count). The van der Waals surface area contributed by atoms with Crippen molar-refractivity contribution in [3.8, 4) is 5.75 Å². The zero-order valence-electron chi connectivity index (χ0n) is 9.87. The second-order valence-corrected chi connectivity index (χ2v) is 6.61. The van der Waals surface area contributed by atoms with Gasteiger partial charge in [-0.3, -0.25) is 0 Å². The Morgan fingerprint density at radius 2 is 2.22 bits per heavy atom. The lowest BCUT2D eigenvalue weighted by Gasteiger charge is -2.16. The maximum Gasteiger partial charge on any atom is 0.243 e. The van der Waals surface area contributed by atoms with Gasteiger partial charge in [-0.25, -0.2) is 8.42 Å². The molecule has 0 aromatic heterocycles. The number of β-amino-alcohol motifs (C(OH)–C–C–N with tert-alkyl or cyclic N) is 1. The molecule has 1 atom stereocenters. The first kappa shape index (κ1) is 12.0. The summed E-state index contributed by atoms with van der Waals surface area (Å²) in [6, 6.07) is 4.97. The van der Waals surface area contributed by atoms with Crippen molar-refractivity contribution < 1.29 is 18.3 Å². The third-order valence-electron chi connectivity index (χ3n) is 3.42. The Hall–Kier alpha value is -1.11. The van der Waals surface area contributed by atoms with Crippen molar-refractivity contribution in [2.45, 2.75) is 23.8 Å². The lowest BCUT2D eigenvalue weighted by molar-refractivity contribution is 0.189. The Morgan fingerprint density at radius 3 is 2.94 bits per heavy atom. The van der Waals surface area contributed by atoms with Gasteiger partial charge in [-0.1, -0.05) is 0 Å². The number of aliphatic hydroxyl groups is 1. The number of sulfonamides is 1. The zero-order valence-corrected chi connectivity index (χ0v) is 10.7. The quantitative estimate of drug-likeness (QED) is 0.842. The van der Waals surface area contributed by atoms with Crippen molar-refractivity contribution in [1.29, 1.82) is 0 Å².